The van der Waals surface area contributed by atoms with Crippen LogP contribution in [0.15, 0.2) is 53.4 Å². The fourth-order valence-corrected chi connectivity index (χ4v) is 4.85. The van der Waals surface area contributed by atoms with Crippen molar-refractivity contribution in [2.45, 2.75) is 56.8 Å². The highest BCUT2D eigenvalue weighted by atomic mass is 32.2. The SMILES string of the molecule is Cc1ccc(OCCCCNC(=O)c2ccccc2SCC(=O)NCC2CCCCC2)cc1. The van der Waals surface area contributed by atoms with Crippen LogP contribution in [0, 0.1) is 12.8 Å². The predicted octanol–water partition coefficient (Wildman–Crippen LogP) is 5.37. The number of carbonyl (C=O) groups excluding carboxylic acids is 2. The number of amides is 2. The Labute approximate surface area is 202 Å². The van der Waals surface area contributed by atoms with Gasteiger partial charge in [-0.1, -0.05) is 49.1 Å². The van der Waals surface area contributed by atoms with Crippen LogP contribution in [-0.2, 0) is 4.79 Å². The standard InChI is InChI=1S/C27H36N2O3S/c1-21-13-15-23(16-14-21)32-18-8-7-17-28-27(31)24-11-5-6-12-25(24)33-20-26(30)29-19-22-9-3-2-4-10-22/h5-6,11-16,22H,2-4,7-10,17-20H2,1H3,(H,28,31)(H,29,30). The molecular formula is C27H36N2O3S. The van der Waals surface area contributed by atoms with Crippen LogP contribution in [0.5, 0.6) is 5.75 Å². The molecule has 2 aromatic rings. The molecule has 0 heterocycles. The number of nitrogens with one attached hydrogen (secondary N) is 2. The third kappa shape index (κ3) is 9.12. The first-order valence-corrected chi connectivity index (χ1v) is 13.1. The molecule has 3 rings (SSSR count). The Morgan fingerprint density at radius 2 is 1.73 bits per heavy atom. The zero-order valence-corrected chi connectivity index (χ0v) is 20.4. The van der Waals surface area contributed by atoms with E-state index in [1.807, 2.05) is 48.5 Å². The fourth-order valence-electron chi connectivity index (χ4n) is 3.97. The van der Waals surface area contributed by atoms with Crippen molar-refractivity contribution in [2.24, 2.45) is 5.92 Å². The van der Waals surface area contributed by atoms with Crippen molar-refractivity contribution in [1.82, 2.24) is 10.6 Å². The molecule has 0 aromatic heterocycles. The summed E-state index contributed by atoms with van der Waals surface area (Å²) in [5.41, 5.74) is 1.84. The number of hydrogen-bond acceptors (Lipinski definition) is 4. The molecule has 0 radical (unpaired) electrons. The molecule has 0 aliphatic heterocycles. The van der Waals surface area contributed by atoms with Crippen LogP contribution in [0.25, 0.3) is 0 Å². The van der Waals surface area contributed by atoms with Crippen LogP contribution in [0.3, 0.4) is 0 Å². The van der Waals surface area contributed by atoms with Crippen molar-refractivity contribution >= 4 is 23.6 Å². The van der Waals surface area contributed by atoms with Gasteiger partial charge >= 0.3 is 0 Å². The largest absolute Gasteiger partial charge is 0.494 e. The average molecular weight is 469 g/mol. The number of hydrogen-bond donors (Lipinski definition) is 2. The molecule has 2 aromatic carbocycles. The Balaban J connectivity index is 1.34. The summed E-state index contributed by atoms with van der Waals surface area (Å²) in [7, 11) is 0. The molecule has 0 bridgehead atoms. The molecule has 0 unspecified atom stereocenters. The molecule has 0 saturated heterocycles. The maximum atomic E-state index is 12.7. The molecule has 1 aliphatic rings. The molecule has 0 spiro atoms. The second kappa shape index (κ2) is 13.9. The summed E-state index contributed by atoms with van der Waals surface area (Å²) >= 11 is 1.42. The summed E-state index contributed by atoms with van der Waals surface area (Å²) in [6.07, 6.45) is 8.01. The lowest BCUT2D eigenvalue weighted by atomic mass is 9.89. The first-order valence-electron chi connectivity index (χ1n) is 12.1. The summed E-state index contributed by atoms with van der Waals surface area (Å²) in [6, 6.07) is 15.5. The minimum Gasteiger partial charge on any atom is -0.494 e. The van der Waals surface area contributed by atoms with Gasteiger partial charge in [-0.2, -0.15) is 0 Å². The van der Waals surface area contributed by atoms with E-state index in [2.05, 4.69) is 17.6 Å². The number of aryl methyl sites for hydroxylation is 1. The van der Waals surface area contributed by atoms with Crippen LogP contribution in [0.4, 0.5) is 0 Å². The molecule has 1 fully saturated rings. The van der Waals surface area contributed by atoms with Crippen LogP contribution in [0.1, 0.15) is 60.9 Å². The smallest absolute Gasteiger partial charge is 0.252 e. The monoisotopic (exact) mass is 468 g/mol. The van der Waals surface area contributed by atoms with Gasteiger partial charge < -0.3 is 15.4 Å². The Hall–Kier alpha value is -2.47. The second-order valence-electron chi connectivity index (χ2n) is 8.72. The number of unbranched alkanes of at least 4 members (excludes halogenated alkanes) is 1. The molecule has 5 nitrogen and oxygen atoms in total. The minimum atomic E-state index is -0.0971. The van der Waals surface area contributed by atoms with E-state index in [9.17, 15) is 9.59 Å². The predicted molar refractivity (Wildman–Crippen MR) is 135 cm³/mol. The summed E-state index contributed by atoms with van der Waals surface area (Å²) in [5, 5.41) is 6.06. The Morgan fingerprint density at radius 3 is 2.52 bits per heavy atom. The van der Waals surface area contributed by atoms with E-state index < -0.39 is 0 Å². The van der Waals surface area contributed by atoms with Crippen LogP contribution in [0.2, 0.25) is 0 Å². The number of thioether (sulfide) groups is 1. The normalized spacial score (nSPS) is 14.0. The Bertz CT molecular complexity index is 879. The highest BCUT2D eigenvalue weighted by Gasteiger charge is 2.15. The molecule has 1 aliphatic carbocycles. The van der Waals surface area contributed by atoms with Crippen molar-refractivity contribution < 1.29 is 14.3 Å². The summed E-state index contributed by atoms with van der Waals surface area (Å²) in [4.78, 5) is 25.8. The molecular weight excluding hydrogens is 432 g/mol. The lowest BCUT2D eigenvalue weighted by Crippen LogP contribution is -2.31. The summed E-state index contributed by atoms with van der Waals surface area (Å²) in [6.45, 7) is 4.05. The van der Waals surface area contributed by atoms with Gasteiger partial charge in [-0.3, -0.25) is 9.59 Å². The van der Waals surface area contributed by atoms with E-state index in [1.54, 1.807) is 0 Å². The topological polar surface area (TPSA) is 67.4 Å². The molecule has 33 heavy (non-hydrogen) atoms. The van der Waals surface area contributed by atoms with Crippen molar-refractivity contribution in [3.05, 3.63) is 59.7 Å². The fraction of sp³-hybridized carbons (Fsp3) is 0.481. The van der Waals surface area contributed by atoms with Crippen molar-refractivity contribution in [3.63, 3.8) is 0 Å². The van der Waals surface area contributed by atoms with E-state index in [1.165, 1.54) is 49.4 Å². The zero-order valence-electron chi connectivity index (χ0n) is 19.6. The average Bonchev–Trinajstić information content (AvgIpc) is 2.85. The van der Waals surface area contributed by atoms with Crippen molar-refractivity contribution in [2.75, 3.05) is 25.4 Å². The zero-order chi connectivity index (χ0) is 23.3. The van der Waals surface area contributed by atoms with Crippen LogP contribution < -0.4 is 15.4 Å². The van der Waals surface area contributed by atoms with Gasteiger partial charge in [0.05, 0.1) is 17.9 Å². The van der Waals surface area contributed by atoms with Gasteiger partial charge in [-0.25, -0.2) is 0 Å². The minimum absolute atomic E-state index is 0.0364. The third-order valence-electron chi connectivity index (χ3n) is 5.95. The molecule has 2 amide bonds. The van der Waals surface area contributed by atoms with Gasteiger partial charge in [-0.15, -0.1) is 11.8 Å². The number of benzene rings is 2. The molecule has 6 heteroatoms. The molecule has 2 N–H and O–H groups in total. The van der Waals surface area contributed by atoms with Gasteiger partial charge in [-0.05, 0) is 62.8 Å². The highest BCUT2D eigenvalue weighted by Crippen LogP contribution is 2.24. The molecule has 1 saturated carbocycles. The lowest BCUT2D eigenvalue weighted by molar-refractivity contribution is -0.118. The van der Waals surface area contributed by atoms with E-state index in [0.29, 0.717) is 30.4 Å². The molecule has 178 valence electrons. The third-order valence-corrected chi connectivity index (χ3v) is 7.02. The van der Waals surface area contributed by atoms with Crippen molar-refractivity contribution in [1.29, 1.82) is 0 Å². The maximum absolute atomic E-state index is 12.7. The second-order valence-corrected chi connectivity index (χ2v) is 9.73. The first kappa shape index (κ1) is 25.2. The van der Waals surface area contributed by atoms with E-state index >= 15 is 0 Å². The van der Waals surface area contributed by atoms with Gasteiger partial charge in [0, 0.05) is 18.0 Å². The van der Waals surface area contributed by atoms with E-state index in [0.717, 1.165) is 30.0 Å². The first-order chi connectivity index (χ1) is 16.1. The highest BCUT2D eigenvalue weighted by molar-refractivity contribution is 8.00. The number of carbonyl (C=O) groups is 2. The summed E-state index contributed by atoms with van der Waals surface area (Å²) < 4.78 is 5.73. The number of rotatable bonds is 12. The van der Waals surface area contributed by atoms with Crippen LogP contribution >= 0.6 is 11.8 Å². The van der Waals surface area contributed by atoms with E-state index in [-0.39, 0.29) is 11.8 Å². The van der Waals surface area contributed by atoms with Gasteiger partial charge in [0.25, 0.3) is 5.91 Å². The van der Waals surface area contributed by atoms with Crippen molar-refractivity contribution in [3.8, 4) is 5.75 Å². The van der Waals surface area contributed by atoms with E-state index in [4.69, 9.17) is 4.74 Å². The Morgan fingerprint density at radius 1 is 0.970 bits per heavy atom. The number of ether oxygens (including phenoxy) is 1. The maximum Gasteiger partial charge on any atom is 0.252 e. The lowest BCUT2D eigenvalue weighted by Gasteiger charge is -2.21. The van der Waals surface area contributed by atoms with Crippen LogP contribution in [-0.4, -0.2) is 37.3 Å². The van der Waals surface area contributed by atoms with Gasteiger partial charge in [0.1, 0.15) is 5.75 Å². The Kier molecular flexibility index (Phi) is 10.6. The molecule has 0 atom stereocenters. The quantitative estimate of drug-likeness (QED) is 0.324. The van der Waals surface area contributed by atoms with Gasteiger partial charge in [0.15, 0.2) is 0 Å². The summed E-state index contributed by atoms with van der Waals surface area (Å²) in [5.74, 6) is 1.76. The van der Waals surface area contributed by atoms with Gasteiger partial charge in [0.2, 0.25) is 5.91 Å².